The summed E-state index contributed by atoms with van der Waals surface area (Å²) in [4.78, 5) is 25.1. The Morgan fingerprint density at radius 2 is 1.30 bits per heavy atom. The van der Waals surface area contributed by atoms with Gasteiger partial charge in [0.15, 0.2) is 0 Å². The highest BCUT2D eigenvalue weighted by atomic mass is 16.5. The predicted molar refractivity (Wildman–Crippen MR) is 196 cm³/mol. The molecule has 0 spiro atoms. The monoisotopic (exact) mass is 659 g/mol. The minimum Gasteiger partial charge on any atom is -0.465 e. The molecular weight excluding hydrogens is 584 g/mol. The molecule has 2 aliphatic rings. The summed E-state index contributed by atoms with van der Waals surface area (Å²) in [5.41, 5.74) is -0.490. The molecule has 0 radical (unpaired) electrons. The molecule has 2 fully saturated rings. The van der Waals surface area contributed by atoms with Crippen molar-refractivity contribution >= 4 is 11.9 Å². The molecule has 5 heteroatoms. The van der Waals surface area contributed by atoms with E-state index in [1.54, 1.807) is 0 Å². The quantitative estimate of drug-likeness (QED) is 0.0634. The van der Waals surface area contributed by atoms with E-state index in [0.29, 0.717) is 32.3 Å². The van der Waals surface area contributed by atoms with Crippen molar-refractivity contribution in [1.82, 2.24) is 0 Å². The predicted octanol–water partition coefficient (Wildman–Crippen LogP) is 11.6. The Hall–Kier alpha value is -1.62. The van der Waals surface area contributed by atoms with Gasteiger partial charge in [-0.2, -0.15) is 0 Å². The first-order valence-corrected chi connectivity index (χ1v) is 19.7. The second-order valence-corrected chi connectivity index (χ2v) is 16.1. The van der Waals surface area contributed by atoms with Crippen LogP contribution in [0.5, 0.6) is 0 Å². The van der Waals surface area contributed by atoms with Crippen LogP contribution in [0.4, 0.5) is 0 Å². The molecule has 47 heavy (non-hydrogen) atoms. The van der Waals surface area contributed by atoms with E-state index in [1.165, 1.54) is 103 Å². The normalized spacial score (nSPS) is 29.3. The molecular formula is C42H74O5. The molecule has 2 saturated carbocycles. The van der Waals surface area contributed by atoms with Crippen molar-refractivity contribution in [2.45, 2.75) is 201 Å². The number of aliphatic hydroxyl groups is 1. The number of esters is 2. The zero-order chi connectivity index (χ0) is 34.8. The third-order valence-corrected chi connectivity index (χ3v) is 12.1. The first-order chi connectivity index (χ1) is 22.4. The summed E-state index contributed by atoms with van der Waals surface area (Å²) < 4.78 is 12.0. The molecule has 6 atom stereocenters. The van der Waals surface area contributed by atoms with Crippen molar-refractivity contribution in [3.05, 3.63) is 24.3 Å². The van der Waals surface area contributed by atoms with Gasteiger partial charge in [-0.3, -0.25) is 9.59 Å². The summed E-state index contributed by atoms with van der Waals surface area (Å²) >= 11 is 0. The van der Waals surface area contributed by atoms with Gasteiger partial charge < -0.3 is 14.6 Å². The van der Waals surface area contributed by atoms with Crippen molar-refractivity contribution in [1.29, 1.82) is 0 Å². The highest BCUT2D eigenvalue weighted by Gasteiger charge is 2.63. The summed E-state index contributed by atoms with van der Waals surface area (Å²) in [5, 5.41) is 11.7. The Labute approximate surface area is 290 Å². The van der Waals surface area contributed by atoms with Crippen LogP contribution in [0.15, 0.2) is 24.3 Å². The zero-order valence-corrected chi connectivity index (χ0v) is 31.6. The standard InChI is InChI=1S/C42H74O5/c1-8-10-11-12-13-14-15-16-17-18-19-20-21-22-23-24-25-26-39(44)46-33-40(5)31-30-38(47-35(4)43)42(7)36(40)29-32-41(6,45)37(42)28-27-34(3)9-2/h9,27,36-38,45H,2,8,10-26,28-33H2,1,3-7H3. The Morgan fingerprint density at radius 3 is 1.79 bits per heavy atom. The minimum atomic E-state index is -0.885. The average Bonchev–Trinajstić information content (AvgIpc) is 3.02. The molecule has 2 rings (SSSR count). The van der Waals surface area contributed by atoms with Gasteiger partial charge in [0.2, 0.25) is 0 Å². The minimum absolute atomic E-state index is 0.0973. The Morgan fingerprint density at radius 1 is 0.787 bits per heavy atom. The maximum atomic E-state index is 12.9. The molecule has 0 amide bonds. The molecule has 2 aliphatic carbocycles. The molecule has 5 nitrogen and oxygen atoms in total. The highest BCUT2D eigenvalue weighted by Crippen LogP contribution is 2.63. The van der Waals surface area contributed by atoms with Gasteiger partial charge in [-0.25, -0.2) is 0 Å². The van der Waals surface area contributed by atoms with Gasteiger partial charge in [0.1, 0.15) is 6.10 Å². The molecule has 1 N–H and O–H groups in total. The zero-order valence-electron chi connectivity index (χ0n) is 31.6. The fraction of sp³-hybridized carbons (Fsp3) is 0.857. The van der Waals surface area contributed by atoms with Crippen molar-refractivity contribution in [2.24, 2.45) is 22.7 Å². The number of rotatable bonds is 24. The molecule has 0 aromatic heterocycles. The van der Waals surface area contributed by atoms with Gasteiger partial charge >= 0.3 is 11.9 Å². The maximum absolute atomic E-state index is 12.9. The van der Waals surface area contributed by atoms with Gasteiger partial charge in [-0.05, 0) is 64.2 Å². The number of carbonyl (C=O) groups excluding carboxylic acids is 2. The lowest BCUT2D eigenvalue weighted by atomic mass is 9.44. The molecule has 0 saturated heterocycles. The van der Waals surface area contributed by atoms with E-state index >= 15 is 0 Å². The Bertz CT molecular complexity index is 953. The molecule has 0 aliphatic heterocycles. The van der Waals surface area contributed by atoms with Gasteiger partial charge in [-0.1, -0.05) is 148 Å². The van der Waals surface area contributed by atoms with Gasteiger partial charge in [0.25, 0.3) is 0 Å². The summed E-state index contributed by atoms with van der Waals surface area (Å²) in [6, 6.07) is 0. The van der Waals surface area contributed by atoms with Gasteiger partial charge in [-0.15, -0.1) is 0 Å². The third kappa shape index (κ3) is 13.7. The van der Waals surface area contributed by atoms with Crippen molar-refractivity contribution < 1.29 is 24.2 Å². The molecule has 0 heterocycles. The molecule has 0 aromatic rings. The van der Waals surface area contributed by atoms with Crippen LogP contribution < -0.4 is 0 Å². The largest absolute Gasteiger partial charge is 0.465 e. The first kappa shape index (κ1) is 41.6. The SMILES string of the molecule is C=CC(C)=CCC1C(C)(O)CCC2C(C)(COC(=O)CCCCCCCCCCCCCCCCCCC)CCC(OC(C)=O)C12C. The van der Waals surface area contributed by atoms with Crippen LogP contribution in [0.3, 0.4) is 0 Å². The third-order valence-electron chi connectivity index (χ3n) is 12.1. The molecule has 0 bridgehead atoms. The summed E-state index contributed by atoms with van der Waals surface area (Å²) in [6.07, 6.45) is 30.4. The lowest BCUT2D eigenvalue weighted by molar-refractivity contribution is -0.230. The number of fused-ring (bicyclic) bond motifs is 1. The number of allylic oxidation sites excluding steroid dienone is 3. The summed E-state index contributed by atoms with van der Waals surface area (Å²) in [6.45, 7) is 16.4. The van der Waals surface area contributed by atoms with Crippen LogP contribution in [0.2, 0.25) is 0 Å². The number of hydrogen-bond donors (Lipinski definition) is 1. The van der Waals surface area contributed by atoms with Gasteiger partial charge in [0, 0.05) is 24.2 Å². The van der Waals surface area contributed by atoms with E-state index in [1.807, 2.05) is 19.9 Å². The van der Waals surface area contributed by atoms with E-state index in [-0.39, 0.29) is 35.3 Å². The van der Waals surface area contributed by atoms with E-state index in [4.69, 9.17) is 9.47 Å². The fourth-order valence-electron chi connectivity index (χ4n) is 9.09. The number of unbranched alkanes of at least 4 members (excludes halogenated alkanes) is 16. The van der Waals surface area contributed by atoms with Crippen LogP contribution in [0.25, 0.3) is 0 Å². The van der Waals surface area contributed by atoms with Gasteiger partial charge in [0.05, 0.1) is 12.2 Å². The van der Waals surface area contributed by atoms with Crippen LogP contribution in [-0.2, 0) is 19.1 Å². The van der Waals surface area contributed by atoms with E-state index in [0.717, 1.165) is 31.3 Å². The molecule has 272 valence electrons. The van der Waals surface area contributed by atoms with Crippen molar-refractivity contribution in [2.75, 3.05) is 6.61 Å². The van der Waals surface area contributed by atoms with E-state index in [9.17, 15) is 14.7 Å². The lowest BCUT2D eigenvalue weighted by Gasteiger charge is -2.63. The van der Waals surface area contributed by atoms with Crippen LogP contribution in [-0.4, -0.2) is 35.4 Å². The van der Waals surface area contributed by atoms with Crippen molar-refractivity contribution in [3.63, 3.8) is 0 Å². The van der Waals surface area contributed by atoms with Crippen LogP contribution >= 0.6 is 0 Å². The van der Waals surface area contributed by atoms with E-state index < -0.39 is 11.0 Å². The topological polar surface area (TPSA) is 72.8 Å². The Kier molecular flexibility index (Phi) is 19.0. The fourth-order valence-corrected chi connectivity index (χ4v) is 9.09. The average molecular weight is 659 g/mol. The second kappa shape index (κ2) is 21.5. The number of ether oxygens (including phenoxy) is 2. The summed E-state index contributed by atoms with van der Waals surface area (Å²) in [5.74, 6) is -0.317. The molecule has 6 unspecified atom stereocenters. The van der Waals surface area contributed by atoms with Crippen molar-refractivity contribution in [3.8, 4) is 0 Å². The van der Waals surface area contributed by atoms with Crippen LogP contribution in [0.1, 0.15) is 189 Å². The van der Waals surface area contributed by atoms with Crippen LogP contribution in [0, 0.1) is 22.7 Å². The lowest BCUT2D eigenvalue weighted by Crippen LogP contribution is -2.64. The molecule has 0 aromatic carbocycles. The highest BCUT2D eigenvalue weighted by molar-refractivity contribution is 5.69. The van der Waals surface area contributed by atoms with E-state index in [2.05, 4.69) is 33.4 Å². The Balaban J connectivity index is 1.73. The maximum Gasteiger partial charge on any atom is 0.305 e. The number of hydrogen-bond acceptors (Lipinski definition) is 5. The first-order valence-electron chi connectivity index (χ1n) is 19.7. The summed E-state index contributed by atoms with van der Waals surface area (Å²) in [7, 11) is 0. The number of carbonyl (C=O) groups is 2. The smallest absolute Gasteiger partial charge is 0.305 e. The second-order valence-electron chi connectivity index (χ2n) is 16.1.